The third-order valence-corrected chi connectivity index (χ3v) is 5.29. The van der Waals surface area contributed by atoms with Gasteiger partial charge < -0.3 is 9.47 Å². The first-order chi connectivity index (χ1) is 13.9. The summed E-state index contributed by atoms with van der Waals surface area (Å²) in [6.07, 6.45) is 0. The van der Waals surface area contributed by atoms with Crippen molar-refractivity contribution in [3.8, 4) is 22.8 Å². The highest BCUT2D eigenvalue weighted by Crippen LogP contribution is 2.41. The predicted octanol–water partition coefficient (Wildman–Crippen LogP) is 3.36. The largest absolute Gasteiger partial charge is 0.493 e. The summed E-state index contributed by atoms with van der Waals surface area (Å²) in [5.74, 6) is 0.997. The maximum Gasteiger partial charge on any atom is 0.329 e. The van der Waals surface area contributed by atoms with Gasteiger partial charge in [-0.3, -0.25) is 9.13 Å². The Morgan fingerprint density at radius 2 is 1.83 bits per heavy atom. The number of hydrogen-bond donors (Lipinski definition) is 0. The summed E-state index contributed by atoms with van der Waals surface area (Å²) >= 11 is 0. The van der Waals surface area contributed by atoms with Crippen LogP contribution in [0.5, 0.6) is 11.5 Å². The second kappa shape index (κ2) is 7.24. The lowest BCUT2D eigenvalue weighted by molar-refractivity contribution is 0.354. The van der Waals surface area contributed by atoms with Gasteiger partial charge in [0.15, 0.2) is 11.5 Å². The van der Waals surface area contributed by atoms with Crippen molar-refractivity contribution in [1.82, 2.24) is 9.13 Å². The Bertz CT molecular complexity index is 1230. The van der Waals surface area contributed by atoms with Gasteiger partial charge in [0, 0.05) is 31.1 Å². The molecular formula is C22H22FN3O3. The lowest BCUT2D eigenvalue weighted by Gasteiger charge is -2.28. The lowest BCUT2D eigenvalue weighted by Crippen LogP contribution is -2.41. The SMILES string of the molecule is COc1cc2c(cc1OC)C(C)Cn1c-2c/c(=N/c2cccc(F)c2)n(C)c1=O. The summed E-state index contributed by atoms with van der Waals surface area (Å²) in [4.78, 5) is 17.6. The Hall–Kier alpha value is -3.35. The van der Waals surface area contributed by atoms with E-state index in [1.807, 2.05) is 18.2 Å². The van der Waals surface area contributed by atoms with E-state index in [4.69, 9.17) is 9.47 Å². The molecule has 1 aliphatic heterocycles. The van der Waals surface area contributed by atoms with E-state index >= 15 is 0 Å². The average Bonchev–Trinajstić information content (AvgIpc) is 2.72. The van der Waals surface area contributed by atoms with Gasteiger partial charge in [-0.1, -0.05) is 13.0 Å². The van der Waals surface area contributed by atoms with Crippen LogP contribution in [0.3, 0.4) is 0 Å². The summed E-state index contributed by atoms with van der Waals surface area (Å²) < 4.78 is 27.7. The Morgan fingerprint density at radius 1 is 1.10 bits per heavy atom. The molecule has 29 heavy (non-hydrogen) atoms. The highest BCUT2D eigenvalue weighted by atomic mass is 19.1. The minimum atomic E-state index is -0.375. The summed E-state index contributed by atoms with van der Waals surface area (Å²) in [5, 5.41) is 0. The normalized spacial score (nSPS) is 15.6. The number of benzene rings is 2. The van der Waals surface area contributed by atoms with Crippen LogP contribution in [0.4, 0.5) is 10.1 Å². The van der Waals surface area contributed by atoms with Gasteiger partial charge in [0.25, 0.3) is 0 Å². The van der Waals surface area contributed by atoms with Gasteiger partial charge in [0.2, 0.25) is 0 Å². The maximum atomic E-state index is 13.6. The first-order valence-electron chi connectivity index (χ1n) is 9.30. The van der Waals surface area contributed by atoms with Crippen molar-refractivity contribution >= 4 is 5.69 Å². The number of halogens is 1. The van der Waals surface area contributed by atoms with Crippen molar-refractivity contribution in [2.75, 3.05) is 14.2 Å². The Kier molecular flexibility index (Phi) is 4.74. The van der Waals surface area contributed by atoms with Crippen LogP contribution in [0, 0.1) is 5.82 Å². The van der Waals surface area contributed by atoms with Gasteiger partial charge in [-0.15, -0.1) is 0 Å². The van der Waals surface area contributed by atoms with Gasteiger partial charge in [0.05, 0.1) is 25.6 Å². The first kappa shape index (κ1) is 19.0. The highest BCUT2D eigenvalue weighted by Gasteiger charge is 2.26. The van der Waals surface area contributed by atoms with Crippen LogP contribution in [0.15, 0.2) is 52.3 Å². The molecule has 0 N–H and O–H groups in total. The molecular weight excluding hydrogens is 373 g/mol. The molecule has 1 atom stereocenters. The number of nitrogens with zero attached hydrogens (tertiary/aromatic N) is 3. The molecule has 0 spiro atoms. The van der Waals surface area contributed by atoms with Gasteiger partial charge in [-0.25, -0.2) is 14.2 Å². The number of fused-ring (bicyclic) bond motifs is 3. The van der Waals surface area contributed by atoms with Crippen LogP contribution in [-0.2, 0) is 13.6 Å². The van der Waals surface area contributed by atoms with E-state index in [1.54, 1.807) is 38.0 Å². The molecule has 3 aromatic rings. The first-order valence-corrected chi connectivity index (χ1v) is 9.30. The fourth-order valence-electron chi connectivity index (χ4n) is 3.76. The van der Waals surface area contributed by atoms with E-state index in [1.165, 1.54) is 16.7 Å². The molecule has 0 bridgehead atoms. The number of methoxy groups -OCH3 is 2. The average molecular weight is 395 g/mol. The minimum absolute atomic E-state index is 0.126. The second-order valence-electron chi connectivity index (χ2n) is 7.13. The van der Waals surface area contributed by atoms with Crippen molar-refractivity contribution in [3.63, 3.8) is 0 Å². The molecule has 6 nitrogen and oxygen atoms in total. The molecule has 0 saturated heterocycles. The fourth-order valence-corrected chi connectivity index (χ4v) is 3.76. The van der Waals surface area contributed by atoms with E-state index in [0.717, 1.165) is 16.8 Å². The van der Waals surface area contributed by atoms with Crippen LogP contribution in [0.1, 0.15) is 18.4 Å². The molecule has 4 rings (SSSR count). The Morgan fingerprint density at radius 3 is 2.52 bits per heavy atom. The monoisotopic (exact) mass is 395 g/mol. The van der Waals surface area contributed by atoms with E-state index in [9.17, 15) is 9.18 Å². The predicted molar refractivity (Wildman–Crippen MR) is 108 cm³/mol. The summed E-state index contributed by atoms with van der Waals surface area (Å²) in [6, 6.07) is 11.7. The molecule has 150 valence electrons. The van der Waals surface area contributed by atoms with Crippen LogP contribution in [0.2, 0.25) is 0 Å². The number of rotatable bonds is 3. The molecule has 7 heteroatoms. The topological polar surface area (TPSA) is 57.8 Å². The standard InChI is InChI=1S/C22H22FN3O3/c1-13-12-26-18(17-10-20(29-4)19(28-3)9-16(13)17)11-21(25(2)22(26)27)24-15-7-5-6-14(23)8-15/h5-11,13H,12H2,1-4H3/b24-21-. The van der Waals surface area contributed by atoms with Crippen LogP contribution >= 0.6 is 0 Å². The van der Waals surface area contributed by atoms with Gasteiger partial charge in [-0.2, -0.15) is 0 Å². The molecule has 0 radical (unpaired) electrons. The maximum absolute atomic E-state index is 13.6. The third kappa shape index (κ3) is 3.22. The molecule has 2 heterocycles. The van der Waals surface area contributed by atoms with Crippen LogP contribution in [0.25, 0.3) is 11.3 Å². The zero-order valence-corrected chi connectivity index (χ0v) is 16.8. The Balaban J connectivity index is 2.00. The van der Waals surface area contributed by atoms with E-state index < -0.39 is 0 Å². The second-order valence-corrected chi connectivity index (χ2v) is 7.13. The molecule has 0 fully saturated rings. The third-order valence-electron chi connectivity index (χ3n) is 5.29. The fraction of sp³-hybridized carbons (Fsp3) is 0.273. The molecule has 0 amide bonds. The van der Waals surface area contributed by atoms with Crippen molar-refractivity contribution in [3.05, 3.63) is 69.8 Å². The van der Waals surface area contributed by atoms with E-state index in [-0.39, 0.29) is 17.4 Å². The molecule has 1 unspecified atom stereocenters. The van der Waals surface area contributed by atoms with E-state index in [2.05, 4.69) is 11.9 Å². The van der Waals surface area contributed by atoms with Gasteiger partial charge in [-0.05, 0) is 35.9 Å². The van der Waals surface area contributed by atoms with Gasteiger partial charge >= 0.3 is 5.69 Å². The van der Waals surface area contributed by atoms with Crippen molar-refractivity contribution in [2.45, 2.75) is 19.4 Å². The summed E-state index contributed by atoms with van der Waals surface area (Å²) in [6.45, 7) is 2.62. The summed E-state index contributed by atoms with van der Waals surface area (Å²) in [5.41, 5.74) is 3.44. The van der Waals surface area contributed by atoms with Crippen molar-refractivity contribution in [1.29, 1.82) is 0 Å². The van der Waals surface area contributed by atoms with Gasteiger partial charge in [0.1, 0.15) is 11.3 Å². The quantitative estimate of drug-likeness (QED) is 0.683. The van der Waals surface area contributed by atoms with Crippen molar-refractivity contribution < 1.29 is 13.9 Å². The number of ether oxygens (including phenoxy) is 2. The molecule has 0 saturated carbocycles. The molecule has 2 aromatic carbocycles. The zero-order valence-electron chi connectivity index (χ0n) is 16.8. The van der Waals surface area contributed by atoms with Crippen LogP contribution in [-0.4, -0.2) is 23.4 Å². The lowest BCUT2D eigenvalue weighted by atomic mass is 9.89. The molecule has 1 aromatic heterocycles. The Labute approximate surface area is 167 Å². The zero-order chi connectivity index (χ0) is 20.7. The smallest absolute Gasteiger partial charge is 0.329 e. The van der Waals surface area contributed by atoms with Crippen LogP contribution < -0.4 is 20.7 Å². The van der Waals surface area contributed by atoms with E-state index in [0.29, 0.717) is 29.2 Å². The molecule has 1 aliphatic rings. The minimum Gasteiger partial charge on any atom is -0.493 e. The summed E-state index contributed by atoms with van der Waals surface area (Å²) in [7, 11) is 4.86. The highest BCUT2D eigenvalue weighted by molar-refractivity contribution is 5.71. The number of hydrogen-bond acceptors (Lipinski definition) is 4. The molecule has 0 aliphatic carbocycles. The van der Waals surface area contributed by atoms with Crippen molar-refractivity contribution in [2.24, 2.45) is 12.0 Å². The number of aromatic nitrogens is 2.